The molecule has 1 aliphatic heterocycles. The second-order valence-corrected chi connectivity index (χ2v) is 6.59. The number of carbonyl (C=O) groups is 1. The number of nitrogens with one attached hydrogen (secondary N) is 1. The number of aromatic nitrogens is 1. The maximum atomic E-state index is 12.3. The molecule has 2 atom stereocenters. The van der Waals surface area contributed by atoms with E-state index in [9.17, 15) is 10.0 Å². The average molecular weight is 366 g/mol. The van der Waals surface area contributed by atoms with Crippen LogP contribution in [0.1, 0.15) is 29.8 Å². The number of hydrogen-bond donors (Lipinski definition) is 2. The zero-order chi connectivity index (χ0) is 19.0. The van der Waals surface area contributed by atoms with Crippen molar-refractivity contribution >= 4 is 16.9 Å². The molecule has 0 bridgehead atoms. The predicted octanol–water partition coefficient (Wildman–Crippen LogP) is 3.44. The highest BCUT2D eigenvalue weighted by molar-refractivity contribution is 5.87. The highest BCUT2D eigenvalue weighted by Gasteiger charge is 2.41. The second kappa shape index (κ2) is 7.06. The van der Waals surface area contributed by atoms with Crippen LogP contribution < -0.4 is 4.74 Å². The van der Waals surface area contributed by atoms with Gasteiger partial charge in [-0.05, 0) is 36.2 Å². The number of ether oxygens (including phenoxy) is 2. The zero-order valence-electron chi connectivity index (χ0n) is 15.3. The highest BCUT2D eigenvalue weighted by Crippen LogP contribution is 2.40. The third-order valence-corrected chi connectivity index (χ3v) is 5.08. The Bertz CT molecular complexity index is 964. The van der Waals surface area contributed by atoms with E-state index in [0.717, 1.165) is 38.5 Å². The molecule has 3 aromatic rings. The lowest BCUT2D eigenvalue weighted by atomic mass is 9.90. The Morgan fingerprint density at radius 2 is 1.96 bits per heavy atom. The molecule has 0 amide bonds. The van der Waals surface area contributed by atoms with E-state index in [4.69, 9.17) is 9.47 Å². The Morgan fingerprint density at radius 3 is 2.67 bits per heavy atom. The van der Waals surface area contributed by atoms with Gasteiger partial charge in [-0.25, -0.2) is 0 Å². The molecule has 6 nitrogen and oxygen atoms in total. The predicted molar refractivity (Wildman–Crippen MR) is 101 cm³/mol. The molecule has 2 heterocycles. The maximum absolute atomic E-state index is 12.3. The Labute approximate surface area is 157 Å². The van der Waals surface area contributed by atoms with Crippen LogP contribution in [-0.2, 0) is 16.0 Å². The van der Waals surface area contributed by atoms with Gasteiger partial charge in [0, 0.05) is 23.0 Å². The van der Waals surface area contributed by atoms with Gasteiger partial charge in [-0.1, -0.05) is 30.3 Å². The molecule has 6 heteroatoms. The summed E-state index contributed by atoms with van der Waals surface area (Å²) in [6.07, 6.45) is 0.385. The van der Waals surface area contributed by atoms with Crippen LogP contribution in [0.4, 0.5) is 0 Å². The second-order valence-electron chi connectivity index (χ2n) is 6.59. The number of hydroxylamine groups is 2. The molecule has 140 valence electrons. The lowest BCUT2D eigenvalue weighted by molar-refractivity contribution is -0.185. The fourth-order valence-electron chi connectivity index (χ4n) is 3.83. The summed E-state index contributed by atoms with van der Waals surface area (Å²) in [4.78, 5) is 15.7. The number of para-hydroxylation sites is 1. The van der Waals surface area contributed by atoms with Crippen molar-refractivity contribution in [2.45, 2.75) is 25.4 Å². The largest absolute Gasteiger partial charge is 0.494 e. The van der Waals surface area contributed by atoms with Gasteiger partial charge in [0.25, 0.3) is 0 Å². The van der Waals surface area contributed by atoms with Gasteiger partial charge in [-0.15, -0.1) is 0 Å². The minimum Gasteiger partial charge on any atom is -0.494 e. The number of methoxy groups -OCH3 is 1. The van der Waals surface area contributed by atoms with E-state index < -0.39 is 18.1 Å². The van der Waals surface area contributed by atoms with E-state index in [1.165, 1.54) is 7.11 Å². The summed E-state index contributed by atoms with van der Waals surface area (Å²) >= 11 is 0. The van der Waals surface area contributed by atoms with Crippen LogP contribution in [0.15, 0.2) is 48.5 Å². The number of esters is 1. The van der Waals surface area contributed by atoms with Crippen molar-refractivity contribution in [3.63, 3.8) is 0 Å². The van der Waals surface area contributed by atoms with Crippen LogP contribution in [0.3, 0.4) is 0 Å². The van der Waals surface area contributed by atoms with E-state index in [1.807, 2.05) is 55.5 Å². The van der Waals surface area contributed by atoms with Crippen LogP contribution >= 0.6 is 0 Å². The van der Waals surface area contributed by atoms with Crippen molar-refractivity contribution in [2.24, 2.45) is 0 Å². The summed E-state index contributed by atoms with van der Waals surface area (Å²) in [7, 11) is 1.34. The van der Waals surface area contributed by atoms with Gasteiger partial charge in [0.05, 0.1) is 13.7 Å². The molecule has 4 rings (SSSR count). The SMILES string of the molecule is CCOc1ccc(C2c3[nH]c4ccccc4c3CC(C(=O)OC)N2O)cc1. The number of nitrogens with zero attached hydrogens (tertiary/aromatic N) is 1. The van der Waals surface area contributed by atoms with E-state index in [-0.39, 0.29) is 0 Å². The minimum atomic E-state index is -0.765. The lowest BCUT2D eigenvalue weighted by Crippen LogP contribution is -2.47. The molecule has 0 fully saturated rings. The van der Waals surface area contributed by atoms with Gasteiger partial charge in [0.1, 0.15) is 17.8 Å². The molecule has 2 N–H and O–H groups in total. The molecule has 1 aromatic heterocycles. The lowest BCUT2D eigenvalue weighted by Gasteiger charge is -2.36. The first-order valence-electron chi connectivity index (χ1n) is 9.01. The Morgan fingerprint density at radius 1 is 1.22 bits per heavy atom. The van der Waals surface area contributed by atoms with E-state index in [0.29, 0.717) is 13.0 Å². The zero-order valence-corrected chi connectivity index (χ0v) is 15.3. The fourth-order valence-corrected chi connectivity index (χ4v) is 3.83. The third kappa shape index (κ3) is 2.97. The summed E-state index contributed by atoms with van der Waals surface area (Å²) < 4.78 is 10.4. The molecule has 1 aliphatic rings. The van der Waals surface area contributed by atoms with Crippen molar-refractivity contribution in [1.82, 2.24) is 10.0 Å². The average Bonchev–Trinajstić information content (AvgIpc) is 3.06. The van der Waals surface area contributed by atoms with Crippen LogP contribution in [0.25, 0.3) is 10.9 Å². The first-order valence-corrected chi connectivity index (χ1v) is 9.01. The summed E-state index contributed by atoms with van der Waals surface area (Å²) in [6, 6.07) is 14.3. The molecule has 27 heavy (non-hydrogen) atoms. The molecular formula is C21H22N2O4. The molecular weight excluding hydrogens is 344 g/mol. The number of hydrogen-bond acceptors (Lipinski definition) is 5. The van der Waals surface area contributed by atoms with Crippen LogP contribution in [-0.4, -0.2) is 41.0 Å². The van der Waals surface area contributed by atoms with E-state index >= 15 is 0 Å². The van der Waals surface area contributed by atoms with Crippen molar-refractivity contribution in [2.75, 3.05) is 13.7 Å². The molecule has 2 unspecified atom stereocenters. The summed E-state index contributed by atoms with van der Waals surface area (Å²) in [6.45, 7) is 2.52. The first-order chi connectivity index (χ1) is 13.1. The third-order valence-electron chi connectivity index (χ3n) is 5.08. The van der Waals surface area contributed by atoms with Crippen molar-refractivity contribution in [1.29, 1.82) is 0 Å². The number of fused-ring (bicyclic) bond motifs is 3. The number of aromatic amines is 1. The summed E-state index contributed by atoms with van der Waals surface area (Å²) in [5.41, 5.74) is 3.77. The summed E-state index contributed by atoms with van der Waals surface area (Å²) in [5.74, 6) is 0.312. The molecule has 0 spiro atoms. The van der Waals surface area contributed by atoms with Gasteiger partial charge in [-0.3, -0.25) is 4.79 Å². The molecule has 2 aromatic carbocycles. The van der Waals surface area contributed by atoms with Crippen LogP contribution in [0.5, 0.6) is 5.75 Å². The van der Waals surface area contributed by atoms with Crippen molar-refractivity contribution < 1.29 is 19.5 Å². The Hall–Kier alpha value is -2.83. The van der Waals surface area contributed by atoms with Crippen LogP contribution in [0, 0.1) is 0 Å². The van der Waals surface area contributed by atoms with Gasteiger partial charge < -0.3 is 19.7 Å². The number of H-pyrrole nitrogens is 1. The summed E-state index contributed by atoms with van der Waals surface area (Å²) in [5, 5.41) is 13.1. The smallest absolute Gasteiger partial charge is 0.325 e. The van der Waals surface area contributed by atoms with E-state index in [1.54, 1.807) is 0 Å². The van der Waals surface area contributed by atoms with Gasteiger partial charge in [-0.2, -0.15) is 5.06 Å². The van der Waals surface area contributed by atoms with E-state index in [2.05, 4.69) is 4.98 Å². The maximum Gasteiger partial charge on any atom is 0.325 e. The van der Waals surface area contributed by atoms with Crippen LogP contribution in [0.2, 0.25) is 0 Å². The highest BCUT2D eigenvalue weighted by atomic mass is 16.5. The minimum absolute atomic E-state index is 0.385. The van der Waals surface area contributed by atoms with Crippen molar-refractivity contribution in [3.8, 4) is 5.75 Å². The quantitative estimate of drug-likeness (QED) is 0.692. The van der Waals surface area contributed by atoms with Gasteiger partial charge in [0.15, 0.2) is 0 Å². The standard InChI is InChI=1S/C21H22N2O4/c1-3-27-14-10-8-13(9-11-14)20-19-16(12-18(23(20)25)21(24)26-2)15-6-4-5-7-17(15)22-19/h4-11,18,20,22,25H,3,12H2,1-2H3. The molecule has 0 aliphatic carbocycles. The van der Waals surface area contributed by atoms with Crippen molar-refractivity contribution in [3.05, 3.63) is 65.4 Å². The Kier molecular flexibility index (Phi) is 4.59. The number of benzene rings is 2. The first kappa shape index (κ1) is 17.6. The topological polar surface area (TPSA) is 74.8 Å². The molecule has 0 saturated carbocycles. The molecule has 0 radical (unpaired) electrons. The number of rotatable bonds is 4. The number of carbonyl (C=O) groups excluding carboxylic acids is 1. The monoisotopic (exact) mass is 366 g/mol. The van der Waals surface area contributed by atoms with Gasteiger partial charge in [0.2, 0.25) is 0 Å². The molecule has 0 saturated heterocycles. The Balaban J connectivity index is 1.84. The van der Waals surface area contributed by atoms with Gasteiger partial charge >= 0.3 is 5.97 Å². The fraction of sp³-hybridized carbons (Fsp3) is 0.286. The normalized spacial score (nSPS) is 19.7.